The van der Waals surface area contributed by atoms with E-state index >= 15 is 0 Å². The molecule has 0 radical (unpaired) electrons. The molecule has 1 aliphatic heterocycles. The maximum absolute atomic E-state index is 12.6. The lowest BCUT2D eigenvalue weighted by Crippen LogP contribution is -2.43. The van der Waals surface area contributed by atoms with Crippen LogP contribution < -0.4 is 5.56 Å². The molecule has 0 bridgehead atoms. The zero-order valence-corrected chi connectivity index (χ0v) is 13.4. The van der Waals surface area contributed by atoms with Crippen molar-refractivity contribution in [3.63, 3.8) is 0 Å². The van der Waals surface area contributed by atoms with Gasteiger partial charge in [-0.3, -0.25) is 9.59 Å². The standard InChI is InChI=1S/C18H19N3O3/c1-13-19-15(11-17(22)20-13)16-12-24-10-9-21(16)18(23)8-7-14-5-3-2-4-6-14/h2-8,11,16H,9-10,12H2,1H3,(H,19,20,22)/b8-7+/t16-/m0/s1. The van der Waals surface area contributed by atoms with Crippen molar-refractivity contribution in [1.29, 1.82) is 0 Å². The number of carbonyl (C=O) groups excluding carboxylic acids is 1. The summed E-state index contributed by atoms with van der Waals surface area (Å²) in [4.78, 5) is 33.0. The quantitative estimate of drug-likeness (QED) is 0.872. The number of nitrogens with one attached hydrogen (secondary N) is 1. The van der Waals surface area contributed by atoms with Crippen molar-refractivity contribution in [2.45, 2.75) is 13.0 Å². The van der Waals surface area contributed by atoms with Gasteiger partial charge in [0, 0.05) is 18.7 Å². The minimum atomic E-state index is -0.354. The van der Waals surface area contributed by atoms with Gasteiger partial charge in [-0.2, -0.15) is 0 Å². The number of nitrogens with zero attached hydrogens (tertiary/aromatic N) is 2. The second-order valence-electron chi connectivity index (χ2n) is 5.62. The molecule has 1 N–H and O–H groups in total. The van der Waals surface area contributed by atoms with Gasteiger partial charge in [0.25, 0.3) is 5.56 Å². The molecular formula is C18H19N3O3. The Balaban J connectivity index is 1.82. The molecule has 1 amide bonds. The van der Waals surface area contributed by atoms with Crippen molar-refractivity contribution >= 4 is 12.0 Å². The summed E-state index contributed by atoms with van der Waals surface area (Å²) in [5.74, 6) is 0.405. The average molecular weight is 325 g/mol. The average Bonchev–Trinajstić information content (AvgIpc) is 2.60. The smallest absolute Gasteiger partial charge is 0.251 e. The number of ether oxygens (including phenoxy) is 1. The first-order valence-electron chi connectivity index (χ1n) is 7.83. The first kappa shape index (κ1) is 16.1. The Labute approximate surface area is 139 Å². The van der Waals surface area contributed by atoms with Crippen LogP contribution in [0.3, 0.4) is 0 Å². The van der Waals surface area contributed by atoms with Crippen LogP contribution in [0.15, 0.2) is 47.3 Å². The molecule has 1 aliphatic rings. The third-order valence-corrected chi connectivity index (χ3v) is 3.85. The van der Waals surface area contributed by atoms with E-state index in [1.807, 2.05) is 30.3 Å². The summed E-state index contributed by atoms with van der Waals surface area (Å²) in [6.45, 7) is 3.00. The zero-order valence-electron chi connectivity index (χ0n) is 13.4. The van der Waals surface area contributed by atoms with E-state index in [2.05, 4.69) is 9.97 Å². The van der Waals surface area contributed by atoms with Crippen LogP contribution in [0.4, 0.5) is 0 Å². The van der Waals surface area contributed by atoms with Gasteiger partial charge in [-0.15, -0.1) is 0 Å². The number of H-pyrrole nitrogens is 1. The second kappa shape index (κ2) is 7.23. The molecule has 0 saturated carbocycles. The lowest BCUT2D eigenvalue weighted by molar-refractivity contribution is -0.134. The summed E-state index contributed by atoms with van der Waals surface area (Å²) in [5.41, 5.74) is 1.29. The second-order valence-corrected chi connectivity index (χ2v) is 5.62. The van der Waals surface area contributed by atoms with Gasteiger partial charge in [0.15, 0.2) is 0 Å². The van der Waals surface area contributed by atoms with Crippen molar-refractivity contribution in [2.24, 2.45) is 0 Å². The maximum Gasteiger partial charge on any atom is 0.251 e. The van der Waals surface area contributed by atoms with Gasteiger partial charge in [-0.1, -0.05) is 30.3 Å². The Morgan fingerprint density at radius 1 is 1.38 bits per heavy atom. The first-order chi connectivity index (χ1) is 11.6. The van der Waals surface area contributed by atoms with E-state index in [0.717, 1.165) is 5.56 Å². The van der Waals surface area contributed by atoms with Crippen molar-refractivity contribution in [1.82, 2.24) is 14.9 Å². The van der Waals surface area contributed by atoms with Crippen molar-refractivity contribution in [3.05, 3.63) is 69.9 Å². The minimum Gasteiger partial charge on any atom is -0.377 e. The first-order valence-corrected chi connectivity index (χ1v) is 7.83. The fraction of sp³-hybridized carbons (Fsp3) is 0.278. The number of hydrogen-bond acceptors (Lipinski definition) is 4. The Morgan fingerprint density at radius 2 is 2.17 bits per heavy atom. The van der Waals surface area contributed by atoms with Crippen LogP contribution in [-0.4, -0.2) is 40.5 Å². The fourth-order valence-corrected chi connectivity index (χ4v) is 2.71. The molecule has 1 atom stereocenters. The van der Waals surface area contributed by atoms with Crippen LogP contribution in [0.1, 0.15) is 23.1 Å². The molecule has 1 fully saturated rings. The third-order valence-electron chi connectivity index (χ3n) is 3.85. The molecule has 3 rings (SSSR count). The summed E-state index contributed by atoms with van der Waals surface area (Å²) >= 11 is 0. The van der Waals surface area contributed by atoms with Gasteiger partial charge in [0.05, 0.1) is 24.9 Å². The molecule has 24 heavy (non-hydrogen) atoms. The number of hydrogen-bond donors (Lipinski definition) is 1. The van der Waals surface area contributed by atoms with Gasteiger partial charge < -0.3 is 14.6 Å². The normalized spacial score (nSPS) is 18.0. The summed E-state index contributed by atoms with van der Waals surface area (Å²) in [5, 5.41) is 0. The van der Waals surface area contributed by atoms with Crippen LogP contribution in [0, 0.1) is 6.92 Å². The van der Waals surface area contributed by atoms with E-state index in [-0.39, 0.29) is 17.5 Å². The summed E-state index contributed by atoms with van der Waals surface area (Å²) in [7, 11) is 0. The molecule has 1 saturated heterocycles. The number of aromatic amines is 1. The van der Waals surface area contributed by atoms with Gasteiger partial charge in [-0.25, -0.2) is 4.98 Å². The van der Waals surface area contributed by atoms with Crippen molar-refractivity contribution in [3.8, 4) is 0 Å². The fourth-order valence-electron chi connectivity index (χ4n) is 2.71. The molecule has 6 nitrogen and oxygen atoms in total. The number of morpholine rings is 1. The molecular weight excluding hydrogens is 306 g/mol. The van der Waals surface area contributed by atoms with E-state index in [0.29, 0.717) is 31.3 Å². The highest BCUT2D eigenvalue weighted by Gasteiger charge is 2.29. The van der Waals surface area contributed by atoms with Gasteiger partial charge >= 0.3 is 0 Å². The molecule has 0 unspecified atom stereocenters. The SMILES string of the molecule is Cc1nc([C@@H]2COCCN2C(=O)/C=C/c2ccccc2)cc(=O)[nH]1. The third kappa shape index (κ3) is 3.78. The van der Waals surface area contributed by atoms with Crippen molar-refractivity contribution in [2.75, 3.05) is 19.8 Å². The van der Waals surface area contributed by atoms with Crippen molar-refractivity contribution < 1.29 is 9.53 Å². The van der Waals surface area contributed by atoms with E-state index in [4.69, 9.17) is 4.74 Å². The van der Waals surface area contributed by atoms with Crippen LogP contribution in [0.25, 0.3) is 6.08 Å². The number of benzene rings is 1. The van der Waals surface area contributed by atoms with Crippen LogP contribution in [0.2, 0.25) is 0 Å². The molecule has 2 heterocycles. The highest BCUT2D eigenvalue weighted by atomic mass is 16.5. The minimum absolute atomic E-state index is 0.119. The Morgan fingerprint density at radius 3 is 2.92 bits per heavy atom. The predicted octanol–water partition coefficient (Wildman–Crippen LogP) is 1.69. The monoisotopic (exact) mass is 325 g/mol. The van der Waals surface area contributed by atoms with E-state index < -0.39 is 0 Å². The van der Waals surface area contributed by atoms with E-state index in [9.17, 15) is 9.59 Å². The Bertz CT molecular complexity index is 799. The summed E-state index contributed by atoms with van der Waals surface area (Å²) < 4.78 is 5.49. The summed E-state index contributed by atoms with van der Waals surface area (Å²) in [6.07, 6.45) is 3.33. The van der Waals surface area contributed by atoms with Crippen LogP contribution >= 0.6 is 0 Å². The lowest BCUT2D eigenvalue weighted by atomic mass is 10.1. The number of aromatic nitrogens is 2. The Hall–Kier alpha value is -2.73. The molecule has 1 aromatic carbocycles. The molecule has 0 spiro atoms. The van der Waals surface area contributed by atoms with Crippen LogP contribution in [0.5, 0.6) is 0 Å². The molecule has 0 aliphatic carbocycles. The van der Waals surface area contributed by atoms with Gasteiger partial charge in [-0.05, 0) is 18.6 Å². The maximum atomic E-state index is 12.6. The Kier molecular flexibility index (Phi) is 4.86. The lowest BCUT2D eigenvalue weighted by Gasteiger charge is -2.34. The topological polar surface area (TPSA) is 75.3 Å². The zero-order chi connectivity index (χ0) is 16.9. The van der Waals surface area contributed by atoms with Crippen LogP contribution in [-0.2, 0) is 9.53 Å². The van der Waals surface area contributed by atoms with E-state index in [1.54, 1.807) is 24.0 Å². The molecule has 6 heteroatoms. The highest BCUT2D eigenvalue weighted by molar-refractivity contribution is 5.92. The van der Waals surface area contributed by atoms with Gasteiger partial charge in [0.1, 0.15) is 5.82 Å². The highest BCUT2D eigenvalue weighted by Crippen LogP contribution is 2.22. The number of amides is 1. The molecule has 2 aromatic rings. The number of carbonyl (C=O) groups is 1. The van der Waals surface area contributed by atoms with Gasteiger partial charge in [0.2, 0.25) is 5.91 Å². The van der Waals surface area contributed by atoms with E-state index in [1.165, 1.54) is 6.07 Å². The number of aryl methyl sites for hydroxylation is 1. The largest absolute Gasteiger partial charge is 0.377 e. The summed E-state index contributed by atoms with van der Waals surface area (Å²) in [6, 6.07) is 10.7. The molecule has 124 valence electrons. The number of rotatable bonds is 3. The molecule has 1 aromatic heterocycles. The predicted molar refractivity (Wildman–Crippen MR) is 90.3 cm³/mol.